The van der Waals surface area contributed by atoms with Gasteiger partial charge < -0.3 is 38.4 Å². The molecule has 4 rings (SSSR count). The number of carbonyl (C=O) groups excluding carboxylic acids is 2. The van der Waals surface area contributed by atoms with E-state index in [0.717, 1.165) is 6.42 Å². The van der Waals surface area contributed by atoms with Crippen LogP contribution < -0.4 is 29.6 Å². The number of anilines is 2. The Morgan fingerprint density at radius 3 is 1.45 bits per heavy atom. The number of benzene rings is 2. The Balaban J connectivity index is 1.92. The summed E-state index contributed by atoms with van der Waals surface area (Å²) in [7, 11) is 6.02. The third-order valence-corrected chi connectivity index (χ3v) is 6.38. The molecule has 38 heavy (non-hydrogen) atoms. The van der Waals surface area contributed by atoms with E-state index in [9.17, 15) is 9.59 Å². The first kappa shape index (κ1) is 26.7. The van der Waals surface area contributed by atoms with E-state index >= 15 is 0 Å². The molecular formula is C28H32N2O8. The molecule has 2 aromatic heterocycles. The van der Waals surface area contributed by atoms with Crippen LogP contribution in [0.25, 0.3) is 21.9 Å². The Kier molecular flexibility index (Phi) is 7.70. The molecule has 202 valence electrons. The van der Waals surface area contributed by atoms with E-state index in [4.69, 9.17) is 27.8 Å². The lowest BCUT2D eigenvalue weighted by Gasteiger charge is -2.27. The van der Waals surface area contributed by atoms with E-state index < -0.39 is 6.17 Å². The molecule has 0 spiro atoms. The van der Waals surface area contributed by atoms with Crippen LogP contribution in [0.4, 0.5) is 11.4 Å². The highest BCUT2D eigenvalue weighted by Crippen LogP contribution is 2.47. The van der Waals surface area contributed by atoms with Gasteiger partial charge in [-0.05, 0) is 32.4 Å². The van der Waals surface area contributed by atoms with Crippen LogP contribution in [0.15, 0.2) is 33.5 Å². The van der Waals surface area contributed by atoms with Gasteiger partial charge in [-0.1, -0.05) is 13.3 Å². The molecule has 0 aliphatic heterocycles. The van der Waals surface area contributed by atoms with E-state index in [0.29, 0.717) is 73.9 Å². The van der Waals surface area contributed by atoms with Gasteiger partial charge in [0.05, 0.1) is 80.4 Å². The Hall–Kier alpha value is -4.34. The minimum atomic E-state index is -0.492. The number of nitrogens with one attached hydrogen (secondary N) is 2. The number of methoxy groups -OCH3 is 4. The highest BCUT2D eigenvalue weighted by Gasteiger charge is 2.30. The molecule has 0 aliphatic carbocycles. The number of fused-ring (bicyclic) bond motifs is 2. The van der Waals surface area contributed by atoms with Crippen LogP contribution >= 0.6 is 0 Å². The number of carbonyl (C=O) groups is 2. The SMILES string of the molecule is CCCC(Nc1c(C(C)=O)c(OC)c2ccoc2c1OC)Nc1c(C(C)=O)c(OC)c2ccoc2c1OC. The van der Waals surface area contributed by atoms with E-state index in [1.54, 1.807) is 12.1 Å². The summed E-state index contributed by atoms with van der Waals surface area (Å²) < 4.78 is 34.1. The lowest BCUT2D eigenvalue weighted by Crippen LogP contribution is -2.31. The second-order valence-corrected chi connectivity index (χ2v) is 8.70. The van der Waals surface area contributed by atoms with Crippen molar-refractivity contribution >= 4 is 44.9 Å². The molecule has 0 fully saturated rings. The van der Waals surface area contributed by atoms with Crippen molar-refractivity contribution in [1.29, 1.82) is 0 Å². The van der Waals surface area contributed by atoms with Crippen LogP contribution in [-0.4, -0.2) is 46.2 Å². The number of furan rings is 2. The van der Waals surface area contributed by atoms with Crippen molar-refractivity contribution in [3.8, 4) is 23.0 Å². The molecule has 0 unspecified atom stereocenters. The number of ketones is 2. The van der Waals surface area contributed by atoms with Crippen molar-refractivity contribution in [2.75, 3.05) is 39.1 Å². The van der Waals surface area contributed by atoms with Gasteiger partial charge >= 0.3 is 0 Å². The van der Waals surface area contributed by atoms with Crippen LogP contribution in [0.5, 0.6) is 23.0 Å². The van der Waals surface area contributed by atoms with Gasteiger partial charge in [0.2, 0.25) is 0 Å². The van der Waals surface area contributed by atoms with Crippen molar-refractivity contribution < 1.29 is 37.4 Å². The van der Waals surface area contributed by atoms with Crippen molar-refractivity contribution in [1.82, 2.24) is 0 Å². The molecule has 0 saturated heterocycles. The summed E-state index contributed by atoms with van der Waals surface area (Å²) in [6, 6.07) is 3.45. The number of Topliss-reactive ketones (excluding diaryl/α,β-unsaturated/α-hetero) is 2. The Morgan fingerprint density at radius 2 is 1.13 bits per heavy atom. The Labute approximate surface area is 220 Å². The lowest BCUT2D eigenvalue weighted by atomic mass is 10.0. The van der Waals surface area contributed by atoms with E-state index in [2.05, 4.69) is 10.6 Å². The summed E-state index contributed by atoms with van der Waals surface area (Å²) in [5.41, 5.74) is 2.32. The van der Waals surface area contributed by atoms with Gasteiger partial charge in [-0.3, -0.25) is 9.59 Å². The van der Waals surface area contributed by atoms with Crippen molar-refractivity contribution in [2.45, 2.75) is 39.8 Å². The summed E-state index contributed by atoms with van der Waals surface area (Å²) in [6.07, 6.45) is 3.89. The molecule has 2 aromatic carbocycles. The molecule has 4 aromatic rings. The number of hydrogen-bond acceptors (Lipinski definition) is 10. The minimum Gasteiger partial charge on any atom is -0.495 e. The van der Waals surface area contributed by atoms with Gasteiger partial charge in [-0.15, -0.1) is 0 Å². The first-order valence-electron chi connectivity index (χ1n) is 12.2. The van der Waals surface area contributed by atoms with Gasteiger partial charge in [0.15, 0.2) is 34.2 Å². The molecule has 0 amide bonds. The van der Waals surface area contributed by atoms with E-state index in [1.165, 1.54) is 54.8 Å². The quantitative estimate of drug-likeness (QED) is 0.162. The fourth-order valence-corrected chi connectivity index (χ4v) is 4.86. The first-order chi connectivity index (χ1) is 18.3. The highest BCUT2D eigenvalue weighted by molar-refractivity contribution is 6.12. The van der Waals surface area contributed by atoms with Crippen molar-refractivity contribution in [3.05, 3.63) is 35.8 Å². The largest absolute Gasteiger partial charge is 0.495 e. The summed E-state index contributed by atoms with van der Waals surface area (Å²) in [6.45, 7) is 4.95. The number of rotatable bonds is 12. The maximum atomic E-state index is 12.9. The van der Waals surface area contributed by atoms with Gasteiger partial charge in [0, 0.05) is 0 Å². The Bertz CT molecular complexity index is 1390. The standard InChI is InChI=1S/C28H32N2O8/c1-8-9-18(29-21-19(14(2)31)23(33-4)16-10-12-37-25(16)27(21)35-6)30-22-20(15(3)32)24(34-5)17-11-13-38-26(17)28(22)36-7/h10-13,18,29-30H,8-9H2,1-7H3. The van der Waals surface area contributed by atoms with E-state index in [1.807, 2.05) is 6.92 Å². The second-order valence-electron chi connectivity index (χ2n) is 8.70. The summed E-state index contributed by atoms with van der Waals surface area (Å²) in [5.74, 6) is 1.03. The normalized spacial score (nSPS) is 11.2. The van der Waals surface area contributed by atoms with Crippen LogP contribution in [0.3, 0.4) is 0 Å². The van der Waals surface area contributed by atoms with Gasteiger partial charge in [-0.2, -0.15) is 0 Å². The average molecular weight is 525 g/mol. The third-order valence-electron chi connectivity index (χ3n) is 6.38. The number of hydrogen-bond donors (Lipinski definition) is 2. The molecule has 0 saturated carbocycles. The smallest absolute Gasteiger partial charge is 0.186 e. The fraction of sp³-hybridized carbons (Fsp3) is 0.357. The summed E-state index contributed by atoms with van der Waals surface area (Å²) in [4.78, 5) is 25.8. The van der Waals surface area contributed by atoms with Gasteiger partial charge in [0.25, 0.3) is 0 Å². The zero-order valence-electron chi connectivity index (χ0n) is 22.6. The zero-order valence-corrected chi connectivity index (χ0v) is 22.6. The second kappa shape index (κ2) is 11.0. The summed E-state index contributed by atoms with van der Waals surface area (Å²) >= 11 is 0. The van der Waals surface area contributed by atoms with Crippen LogP contribution in [-0.2, 0) is 0 Å². The van der Waals surface area contributed by atoms with Gasteiger partial charge in [0.1, 0.15) is 11.5 Å². The van der Waals surface area contributed by atoms with Crippen LogP contribution in [0.2, 0.25) is 0 Å². The molecule has 2 N–H and O–H groups in total. The summed E-state index contributed by atoms with van der Waals surface area (Å²) in [5, 5.41) is 8.07. The molecule has 0 radical (unpaired) electrons. The molecule has 0 bridgehead atoms. The Morgan fingerprint density at radius 1 is 0.737 bits per heavy atom. The van der Waals surface area contributed by atoms with Crippen molar-refractivity contribution in [3.63, 3.8) is 0 Å². The monoisotopic (exact) mass is 524 g/mol. The maximum Gasteiger partial charge on any atom is 0.186 e. The predicted molar refractivity (Wildman–Crippen MR) is 145 cm³/mol. The maximum absolute atomic E-state index is 12.9. The highest BCUT2D eigenvalue weighted by atomic mass is 16.5. The molecule has 2 heterocycles. The molecule has 10 nitrogen and oxygen atoms in total. The van der Waals surface area contributed by atoms with Crippen LogP contribution in [0.1, 0.15) is 54.3 Å². The van der Waals surface area contributed by atoms with E-state index in [-0.39, 0.29) is 11.6 Å². The lowest BCUT2D eigenvalue weighted by molar-refractivity contribution is 0.100. The van der Waals surface area contributed by atoms with Crippen LogP contribution in [0, 0.1) is 0 Å². The number of ether oxygens (including phenoxy) is 4. The van der Waals surface area contributed by atoms with Gasteiger partial charge in [-0.25, -0.2) is 0 Å². The fourth-order valence-electron chi connectivity index (χ4n) is 4.86. The zero-order chi connectivity index (χ0) is 27.6. The third kappa shape index (κ3) is 4.36. The topological polar surface area (TPSA) is 121 Å². The molecule has 10 heteroatoms. The average Bonchev–Trinajstić information content (AvgIpc) is 3.57. The molecule has 0 atom stereocenters. The molecular weight excluding hydrogens is 492 g/mol. The minimum absolute atomic E-state index is 0.221. The first-order valence-corrected chi connectivity index (χ1v) is 12.2. The molecule has 0 aliphatic rings. The predicted octanol–water partition coefficient (Wildman–Crippen LogP) is 6.27. The van der Waals surface area contributed by atoms with Crippen molar-refractivity contribution in [2.24, 2.45) is 0 Å².